The third kappa shape index (κ3) is 5.88. The Morgan fingerprint density at radius 1 is 1.36 bits per heavy atom. The molecule has 0 radical (unpaired) electrons. The Balaban J connectivity index is 2.00. The van der Waals surface area contributed by atoms with E-state index >= 15 is 0 Å². The highest BCUT2D eigenvalue weighted by Gasteiger charge is 2.34. The molecule has 1 aromatic carbocycles. The maximum Gasteiger partial charge on any atom is 0.259 e. The Morgan fingerprint density at radius 3 is 2.76 bits per heavy atom. The summed E-state index contributed by atoms with van der Waals surface area (Å²) >= 11 is 0. The van der Waals surface area contributed by atoms with Gasteiger partial charge in [-0.25, -0.2) is 9.37 Å². The molecule has 3 rings (SSSR count). The molecule has 1 aliphatic rings. The number of likely N-dealkylation sites (N-methyl/N-ethyl adjacent to an activating group) is 1. The number of aliphatic hydroxyl groups excluding tert-OH is 1. The fraction of sp³-hybridized carbons (Fsp3) is 0.400. The molecule has 8 heteroatoms. The zero-order chi connectivity index (χ0) is 24.1. The molecule has 174 valence electrons. The van der Waals surface area contributed by atoms with Crippen LogP contribution in [0.5, 0.6) is 5.88 Å². The number of hydrogen-bond acceptors (Lipinski definition) is 5. The molecule has 33 heavy (non-hydrogen) atoms. The number of halogens is 1. The highest BCUT2D eigenvalue weighted by Crippen LogP contribution is 2.27. The second-order valence-corrected chi connectivity index (χ2v) is 8.36. The summed E-state index contributed by atoms with van der Waals surface area (Å²) in [5.74, 6) is 5.02. The summed E-state index contributed by atoms with van der Waals surface area (Å²) in [6.45, 7) is 5.66. The van der Waals surface area contributed by atoms with E-state index in [2.05, 4.69) is 16.8 Å². The average Bonchev–Trinajstić information content (AvgIpc) is 2.79. The van der Waals surface area contributed by atoms with Gasteiger partial charge < -0.3 is 19.6 Å². The second-order valence-electron chi connectivity index (χ2n) is 8.36. The molecule has 2 amide bonds. The second kappa shape index (κ2) is 10.5. The first-order valence-electron chi connectivity index (χ1n) is 10.8. The van der Waals surface area contributed by atoms with E-state index in [4.69, 9.17) is 4.74 Å². The van der Waals surface area contributed by atoms with Crippen LogP contribution >= 0.6 is 0 Å². The van der Waals surface area contributed by atoms with Crippen LogP contribution in [0.15, 0.2) is 36.5 Å². The lowest BCUT2D eigenvalue weighted by Gasteiger charge is -2.37. The van der Waals surface area contributed by atoms with E-state index in [9.17, 15) is 19.1 Å². The summed E-state index contributed by atoms with van der Waals surface area (Å²) in [6.07, 6.45) is 1.09. The summed E-state index contributed by atoms with van der Waals surface area (Å²) in [4.78, 5) is 32.6. The Kier molecular flexibility index (Phi) is 7.67. The van der Waals surface area contributed by atoms with E-state index in [1.807, 2.05) is 6.92 Å². The number of nitrogens with zero attached hydrogens (tertiary/aromatic N) is 3. The van der Waals surface area contributed by atoms with Gasteiger partial charge in [-0.3, -0.25) is 9.59 Å². The first-order valence-corrected chi connectivity index (χ1v) is 10.8. The van der Waals surface area contributed by atoms with Gasteiger partial charge in [-0.05, 0) is 31.2 Å². The van der Waals surface area contributed by atoms with Crippen LogP contribution < -0.4 is 4.74 Å². The fourth-order valence-corrected chi connectivity index (χ4v) is 3.50. The minimum absolute atomic E-state index is 0.0966. The predicted octanol–water partition coefficient (Wildman–Crippen LogP) is 2.32. The smallest absolute Gasteiger partial charge is 0.259 e. The third-order valence-electron chi connectivity index (χ3n) is 5.69. The van der Waals surface area contributed by atoms with Gasteiger partial charge in [-0.15, -0.1) is 0 Å². The lowest BCUT2D eigenvalue weighted by Crippen LogP contribution is -2.50. The Bertz CT molecular complexity index is 1090. The lowest BCUT2D eigenvalue weighted by molar-refractivity contribution is -0.129. The van der Waals surface area contributed by atoms with Gasteiger partial charge >= 0.3 is 0 Å². The van der Waals surface area contributed by atoms with E-state index in [1.54, 1.807) is 42.0 Å². The van der Waals surface area contributed by atoms with Crippen molar-refractivity contribution in [1.82, 2.24) is 14.8 Å². The van der Waals surface area contributed by atoms with Gasteiger partial charge in [0.25, 0.3) is 5.91 Å². The van der Waals surface area contributed by atoms with Crippen molar-refractivity contribution in [2.24, 2.45) is 5.92 Å². The number of benzene rings is 1. The zero-order valence-electron chi connectivity index (χ0n) is 19.2. The largest absolute Gasteiger partial charge is 0.472 e. The molecule has 0 saturated heterocycles. The van der Waals surface area contributed by atoms with Crippen LogP contribution in [0.25, 0.3) is 0 Å². The molecule has 0 spiro atoms. The number of hydrogen-bond donors (Lipinski definition) is 1. The Morgan fingerprint density at radius 2 is 2.09 bits per heavy atom. The van der Waals surface area contributed by atoms with Crippen LogP contribution in [0.3, 0.4) is 0 Å². The summed E-state index contributed by atoms with van der Waals surface area (Å²) in [6, 6.07) is 7.10. The third-order valence-corrected chi connectivity index (χ3v) is 5.69. The van der Waals surface area contributed by atoms with Gasteiger partial charge in [-0.2, -0.15) is 0 Å². The lowest BCUT2D eigenvalue weighted by atomic mass is 10.00. The molecule has 1 aromatic heterocycles. The molecule has 0 saturated carbocycles. The van der Waals surface area contributed by atoms with Crippen molar-refractivity contribution in [3.63, 3.8) is 0 Å². The van der Waals surface area contributed by atoms with Crippen LogP contribution in [0.2, 0.25) is 0 Å². The summed E-state index contributed by atoms with van der Waals surface area (Å²) < 4.78 is 19.5. The highest BCUT2D eigenvalue weighted by molar-refractivity contribution is 5.97. The van der Waals surface area contributed by atoms with Gasteiger partial charge in [-0.1, -0.05) is 24.8 Å². The molecule has 0 unspecified atom stereocenters. The number of amides is 2. The van der Waals surface area contributed by atoms with Crippen molar-refractivity contribution in [2.45, 2.75) is 32.9 Å². The molecule has 2 heterocycles. The van der Waals surface area contributed by atoms with Crippen LogP contribution in [-0.2, 0) is 4.79 Å². The molecular formula is C25H28FN3O4. The number of ether oxygens (including phenoxy) is 1. The van der Waals surface area contributed by atoms with Crippen molar-refractivity contribution in [3.8, 4) is 17.7 Å². The first-order chi connectivity index (χ1) is 15.7. The molecule has 3 atom stereocenters. The normalized spacial score (nSPS) is 18.7. The topological polar surface area (TPSA) is 83.0 Å². The van der Waals surface area contributed by atoms with E-state index in [0.717, 1.165) is 0 Å². The predicted molar refractivity (Wildman–Crippen MR) is 121 cm³/mol. The molecular weight excluding hydrogens is 425 g/mol. The molecule has 7 nitrogen and oxygen atoms in total. The minimum atomic E-state index is -0.417. The number of carbonyl (C=O) groups excluding carboxylic acids is 2. The Labute approximate surface area is 193 Å². The van der Waals surface area contributed by atoms with Crippen LogP contribution in [0, 0.1) is 23.6 Å². The number of carbonyl (C=O) groups is 2. The number of pyridine rings is 1. The van der Waals surface area contributed by atoms with Crippen molar-refractivity contribution in [3.05, 3.63) is 59.0 Å². The van der Waals surface area contributed by atoms with Gasteiger partial charge in [0.2, 0.25) is 11.8 Å². The average molecular weight is 454 g/mol. The minimum Gasteiger partial charge on any atom is -0.472 e. The maximum atomic E-state index is 13.4. The maximum absolute atomic E-state index is 13.4. The zero-order valence-corrected chi connectivity index (χ0v) is 19.2. The van der Waals surface area contributed by atoms with Gasteiger partial charge in [0.05, 0.1) is 19.2 Å². The molecule has 2 aromatic rings. The number of aliphatic hydroxyl groups is 1. The van der Waals surface area contributed by atoms with E-state index in [-0.39, 0.29) is 41.6 Å². The monoisotopic (exact) mass is 453 g/mol. The van der Waals surface area contributed by atoms with E-state index in [0.29, 0.717) is 24.2 Å². The standard InChI is InChI=1S/C25H28FN3O4/c1-16-13-29(17(2)15-30)25(32)22-11-20(9-8-19-6-5-7-21(26)10-19)12-27-24(22)33-23(16)14-28(4)18(3)31/h5-7,10-12,16-17,23,30H,13-15H2,1-4H3/t16-,17-,23+/m1/s1. The number of fused-ring (bicyclic) bond motifs is 1. The van der Waals surface area contributed by atoms with Gasteiger partial charge in [0.1, 0.15) is 17.5 Å². The van der Waals surface area contributed by atoms with Gasteiger partial charge in [0.15, 0.2) is 0 Å². The number of aromatic nitrogens is 1. The molecule has 0 fully saturated rings. The van der Waals surface area contributed by atoms with Crippen LogP contribution in [0.1, 0.15) is 42.3 Å². The molecule has 1 N–H and O–H groups in total. The van der Waals surface area contributed by atoms with Gasteiger partial charge in [0, 0.05) is 43.8 Å². The van der Waals surface area contributed by atoms with Crippen LogP contribution in [0.4, 0.5) is 4.39 Å². The quantitative estimate of drug-likeness (QED) is 0.719. The summed E-state index contributed by atoms with van der Waals surface area (Å²) in [7, 11) is 1.69. The fourth-order valence-electron chi connectivity index (χ4n) is 3.50. The van der Waals surface area contributed by atoms with Crippen LogP contribution in [-0.4, -0.2) is 70.6 Å². The SMILES string of the molecule is CC(=O)N(C)C[C@@H]1Oc2ncc(C#Cc3cccc(F)c3)cc2C(=O)N([C@H](C)CO)C[C@H]1C. The summed E-state index contributed by atoms with van der Waals surface area (Å²) in [5, 5.41) is 9.73. The first kappa shape index (κ1) is 24.2. The Hall–Kier alpha value is -3.44. The number of rotatable bonds is 4. The molecule has 0 aliphatic carbocycles. The van der Waals surface area contributed by atoms with E-state index in [1.165, 1.54) is 25.3 Å². The molecule has 0 bridgehead atoms. The van der Waals surface area contributed by atoms with Crippen molar-refractivity contribution < 1.29 is 23.8 Å². The molecule has 1 aliphatic heterocycles. The summed E-state index contributed by atoms with van der Waals surface area (Å²) in [5.41, 5.74) is 1.20. The van der Waals surface area contributed by atoms with Crippen molar-refractivity contribution in [2.75, 3.05) is 26.7 Å². The van der Waals surface area contributed by atoms with E-state index < -0.39 is 12.1 Å². The van der Waals surface area contributed by atoms with Crippen molar-refractivity contribution >= 4 is 11.8 Å². The van der Waals surface area contributed by atoms with Crippen molar-refractivity contribution in [1.29, 1.82) is 0 Å². The highest BCUT2D eigenvalue weighted by atomic mass is 19.1.